The topological polar surface area (TPSA) is 75.7 Å². The summed E-state index contributed by atoms with van der Waals surface area (Å²) in [7, 11) is -1.77. The minimum atomic E-state index is -3.40. The number of nitrogens with one attached hydrogen (secondary N) is 1. The Bertz CT molecular complexity index is 1030. The maximum absolute atomic E-state index is 13.1. The Kier molecular flexibility index (Phi) is 8.54. The van der Waals surface area contributed by atoms with Crippen LogP contribution in [-0.4, -0.2) is 38.8 Å². The van der Waals surface area contributed by atoms with E-state index in [2.05, 4.69) is 19.2 Å². The van der Waals surface area contributed by atoms with E-state index < -0.39 is 10.0 Å². The van der Waals surface area contributed by atoms with Gasteiger partial charge in [-0.1, -0.05) is 55.8 Å². The normalized spacial score (nSPS) is 16.5. The molecule has 0 spiro atoms. The molecule has 3 rings (SSSR count). The predicted molar refractivity (Wildman–Crippen MR) is 131 cm³/mol. The smallest absolute Gasteiger partial charge is 0.223 e. The van der Waals surface area contributed by atoms with Crippen LogP contribution in [0.5, 0.6) is 5.75 Å². The number of nitrogens with zero attached hydrogens (tertiary/aromatic N) is 1. The molecule has 6 nitrogen and oxygen atoms in total. The van der Waals surface area contributed by atoms with Crippen molar-refractivity contribution in [3.63, 3.8) is 0 Å². The molecule has 0 bridgehead atoms. The fraction of sp³-hybridized carbons (Fsp3) is 0.500. The number of carbonyl (C=O) groups excluding carboxylic acids is 1. The molecule has 0 aliphatic carbocycles. The fourth-order valence-corrected chi connectivity index (χ4v) is 5.93. The summed E-state index contributed by atoms with van der Waals surface area (Å²) >= 11 is 0. The van der Waals surface area contributed by atoms with Crippen LogP contribution in [0.2, 0.25) is 0 Å². The molecule has 2 aromatic rings. The van der Waals surface area contributed by atoms with Crippen LogP contribution >= 0.6 is 0 Å². The molecule has 7 heteroatoms. The van der Waals surface area contributed by atoms with Gasteiger partial charge in [-0.15, -0.1) is 0 Å². The minimum Gasteiger partial charge on any atom is -0.497 e. The van der Waals surface area contributed by atoms with Crippen LogP contribution < -0.4 is 10.1 Å². The molecule has 180 valence electrons. The van der Waals surface area contributed by atoms with Gasteiger partial charge in [0.15, 0.2) is 0 Å². The van der Waals surface area contributed by atoms with Crippen LogP contribution in [0.25, 0.3) is 0 Å². The van der Waals surface area contributed by atoms with Gasteiger partial charge in [-0.3, -0.25) is 4.79 Å². The number of amides is 1. The van der Waals surface area contributed by atoms with Gasteiger partial charge in [0.2, 0.25) is 15.9 Å². The molecule has 1 saturated heterocycles. The van der Waals surface area contributed by atoms with Gasteiger partial charge in [-0.25, -0.2) is 12.7 Å². The van der Waals surface area contributed by atoms with Gasteiger partial charge >= 0.3 is 0 Å². The molecule has 0 saturated carbocycles. The first kappa shape index (κ1) is 25.2. The Morgan fingerprint density at radius 3 is 2.36 bits per heavy atom. The Balaban J connectivity index is 1.59. The summed E-state index contributed by atoms with van der Waals surface area (Å²) in [5.74, 6) is 1.04. The molecule has 1 atom stereocenters. The number of carbonyl (C=O) groups is 1. The van der Waals surface area contributed by atoms with Crippen molar-refractivity contribution in [3.05, 3.63) is 65.2 Å². The fourth-order valence-electron chi connectivity index (χ4n) is 4.38. The predicted octanol–water partition coefficient (Wildman–Crippen LogP) is 4.45. The lowest BCUT2D eigenvalue weighted by Crippen LogP contribution is -2.44. The van der Waals surface area contributed by atoms with Crippen LogP contribution in [0.3, 0.4) is 0 Å². The number of hydrogen-bond donors (Lipinski definition) is 1. The van der Waals surface area contributed by atoms with Crippen LogP contribution in [0, 0.1) is 18.8 Å². The van der Waals surface area contributed by atoms with Crippen molar-refractivity contribution in [1.82, 2.24) is 9.62 Å². The first-order chi connectivity index (χ1) is 15.7. The van der Waals surface area contributed by atoms with Gasteiger partial charge in [0.25, 0.3) is 0 Å². The minimum absolute atomic E-state index is 0.000521. The van der Waals surface area contributed by atoms with Gasteiger partial charge in [0, 0.05) is 19.0 Å². The Hall–Kier alpha value is -2.38. The second-order valence-corrected chi connectivity index (χ2v) is 11.4. The van der Waals surface area contributed by atoms with Crippen LogP contribution in [-0.2, 0) is 20.6 Å². The summed E-state index contributed by atoms with van der Waals surface area (Å²) in [5.41, 5.74) is 2.90. The number of aryl methyl sites for hydroxylation is 1. The van der Waals surface area contributed by atoms with Crippen LogP contribution in [0.4, 0.5) is 0 Å². The highest BCUT2D eigenvalue weighted by Gasteiger charge is 2.32. The molecule has 1 aliphatic rings. The molecule has 0 aromatic heterocycles. The van der Waals surface area contributed by atoms with Crippen molar-refractivity contribution in [1.29, 1.82) is 0 Å². The van der Waals surface area contributed by atoms with Gasteiger partial charge < -0.3 is 10.1 Å². The van der Waals surface area contributed by atoms with Crippen molar-refractivity contribution in [2.24, 2.45) is 11.8 Å². The lowest BCUT2D eigenvalue weighted by Gasteiger charge is -2.32. The summed E-state index contributed by atoms with van der Waals surface area (Å²) in [6, 6.07) is 15.3. The quantitative estimate of drug-likeness (QED) is 0.585. The highest BCUT2D eigenvalue weighted by atomic mass is 32.2. The second-order valence-electron chi connectivity index (χ2n) is 9.38. The highest BCUT2D eigenvalue weighted by Crippen LogP contribution is 2.27. The van der Waals surface area contributed by atoms with Crippen molar-refractivity contribution in [2.45, 2.75) is 51.8 Å². The van der Waals surface area contributed by atoms with E-state index in [0.717, 1.165) is 28.9 Å². The summed E-state index contributed by atoms with van der Waals surface area (Å²) in [6.45, 7) is 6.99. The Labute approximate surface area is 198 Å². The largest absolute Gasteiger partial charge is 0.497 e. The molecule has 2 aromatic carbocycles. The summed E-state index contributed by atoms with van der Waals surface area (Å²) in [4.78, 5) is 13.1. The van der Waals surface area contributed by atoms with E-state index in [-0.39, 0.29) is 23.6 Å². The third-order valence-electron chi connectivity index (χ3n) is 6.19. The maximum Gasteiger partial charge on any atom is 0.223 e. The third kappa shape index (κ3) is 7.05. The number of hydrogen-bond acceptors (Lipinski definition) is 4. The summed E-state index contributed by atoms with van der Waals surface area (Å²) < 4.78 is 32.6. The van der Waals surface area contributed by atoms with Gasteiger partial charge in [-0.05, 0) is 55.4 Å². The van der Waals surface area contributed by atoms with Crippen molar-refractivity contribution < 1.29 is 17.9 Å². The number of ether oxygens (including phenoxy) is 1. The summed E-state index contributed by atoms with van der Waals surface area (Å²) in [6.07, 6.45) is 1.91. The van der Waals surface area contributed by atoms with E-state index in [0.29, 0.717) is 31.8 Å². The molecule has 0 unspecified atom stereocenters. The molecule has 0 radical (unpaired) electrons. The third-order valence-corrected chi connectivity index (χ3v) is 8.04. The molecular weight excluding hydrogens is 436 g/mol. The number of rotatable bonds is 9. The Morgan fingerprint density at radius 1 is 1.12 bits per heavy atom. The van der Waals surface area contributed by atoms with Gasteiger partial charge in [0.1, 0.15) is 5.75 Å². The molecule has 1 amide bonds. The molecule has 1 aliphatic heterocycles. The molecular formula is C26H36N2O4S. The lowest BCUT2D eigenvalue weighted by molar-refractivity contribution is -0.127. The maximum atomic E-state index is 13.1. The monoisotopic (exact) mass is 472 g/mol. The van der Waals surface area contributed by atoms with E-state index in [1.54, 1.807) is 7.11 Å². The first-order valence-electron chi connectivity index (χ1n) is 11.7. The number of piperidine rings is 1. The average molecular weight is 473 g/mol. The first-order valence-corrected chi connectivity index (χ1v) is 13.3. The van der Waals surface area contributed by atoms with Crippen molar-refractivity contribution in [3.8, 4) is 5.75 Å². The number of sulfonamides is 1. The highest BCUT2D eigenvalue weighted by molar-refractivity contribution is 7.88. The standard InChI is InChI=1S/C26H36N2O4S/c1-19(2)16-25(22-8-10-24(32-4)11-9-22)27-26(29)23-12-14-28(15-13-23)33(30,31)18-21-7-5-6-20(3)17-21/h5-11,17,19,23,25H,12-16,18H2,1-4H3,(H,27,29)/t25-/m0/s1. The lowest BCUT2D eigenvalue weighted by atomic mass is 9.93. The van der Waals surface area contributed by atoms with Gasteiger partial charge in [-0.2, -0.15) is 0 Å². The van der Waals surface area contributed by atoms with Crippen LogP contribution in [0.1, 0.15) is 55.8 Å². The zero-order valence-corrected chi connectivity index (χ0v) is 20.9. The van der Waals surface area contributed by atoms with E-state index in [4.69, 9.17) is 4.74 Å². The van der Waals surface area contributed by atoms with Crippen molar-refractivity contribution >= 4 is 15.9 Å². The Morgan fingerprint density at radius 2 is 1.79 bits per heavy atom. The van der Waals surface area contributed by atoms with Crippen molar-refractivity contribution in [2.75, 3.05) is 20.2 Å². The van der Waals surface area contributed by atoms with E-state index >= 15 is 0 Å². The van der Waals surface area contributed by atoms with Crippen LogP contribution in [0.15, 0.2) is 48.5 Å². The molecule has 33 heavy (non-hydrogen) atoms. The summed E-state index contributed by atoms with van der Waals surface area (Å²) in [5, 5.41) is 3.22. The van der Waals surface area contributed by atoms with E-state index in [1.807, 2.05) is 55.5 Å². The zero-order chi connectivity index (χ0) is 24.0. The SMILES string of the molecule is COc1ccc([C@H](CC(C)C)NC(=O)C2CCN(S(=O)(=O)Cc3cccc(C)c3)CC2)cc1. The molecule has 1 N–H and O–H groups in total. The second kappa shape index (κ2) is 11.2. The zero-order valence-electron chi connectivity index (χ0n) is 20.1. The number of benzene rings is 2. The molecule has 1 heterocycles. The number of methoxy groups -OCH3 is 1. The van der Waals surface area contributed by atoms with E-state index in [9.17, 15) is 13.2 Å². The average Bonchev–Trinajstić information content (AvgIpc) is 2.78. The van der Waals surface area contributed by atoms with E-state index in [1.165, 1.54) is 4.31 Å². The van der Waals surface area contributed by atoms with Gasteiger partial charge in [0.05, 0.1) is 18.9 Å². The molecule has 1 fully saturated rings.